The zero-order chi connectivity index (χ0) is 15.1. The number of halogens is 3. The number of nitrogens with zero attached hydrogens (tertiary/aromatic N) is 1. The molecule has 0 atom stereocenters. The normalized spacial score (nSPS) is 20.1. The molecule has 4 nitrogen and oxygen atoms in total. The molecule has 0 spiro atoms. The summed E-state index contributed by atoms with van der Waals surface area (Å²) < 4.78 is 33.1. The highest BCUT2D eigenvalue weighted by molar-refractivity contribution is 9.10. The number of morpholine rings is 1. The number of benzene rings is 1. The van der Waals surface area contributed by atoms with Crippen molar-refractivity contribution in [2.24, 2.45) is 0 Å². The molecule has 1 heterocycles. The molecule has 0 saturated carbocycles. The summed E-state index contributed by atoms with van der Waals surface area (Å²) in [6, 6.07) is 3.04. The lowest BCUT2D eigenvalue weighted by molar-refractivity contribution is -0.00770. The van der Waals surface area contributed by atoms with Crippen molar-refractivity contribution in [3.8, 4) is 0 Å². The first kappa shape index (κ1) is 16.5. The third kappa shape index (κ3) is 3.00. The van der Waals surface area contributed by atoms with Crippen LogP contribution in [-0.4, -0.2) is 38.0 Å². The van der Waals surface area contributed by atoms with Gasteiger partial charge in [-0.25, -0.2) is 8.42 Å². The van der Waals surface area contributed by atoms with Crippen molar-refractivity contribution in [1.82, 2.24) is 4.31 Å². The lowest BCUT2D eigenvalue weighted by atomic mass is 10.1. The van der Waals surface area contributed by atoms with Gasteiger partial charge in [0.2, 0.25) is 10.0 Å². The number of ether oxygens (including phenoxy) is 1. The van der Waals surface area contributed by atoms with Crippen LogP contribution in [0.5, 0.6) is 0 Å². The Bertz CT molecular complexity index is 611. The first-order valence-corrected chi connectivity index (χ1v) is 8.90. The topological polar surface area (TPSA) is 46.6 Å². The minimum absolute atomic E-state index is 0.0565. The number of sulfonamides is 1. The molecule has 1 aromatic carbocycles. The summed E-state index contributed by atoms with van der Waals surface area (Å²) in [4.78, 5) is -0.0565. The molecule has 0 radical (unpaired) electrons. The number of rotatable bonds is 2. The van der Waals surface area contributed by atoms with Gasteiger partial charge in [-0.3, -0.25) is 0 Å². The average molecular weight is 403 g/mol. The van der Waals surface area contributed by atoms with Crippen molar-refractivity contribution in [3.63, 3.8) is 0 Å². The van der Waals surface area contributed by atoms with E-state index in [1.165, 1.54) is 16.4 Å². The average Bonchev–Trinajstić information content (AvgIpc) is 2.25. The van der Waals surface area contributed by atoms with Crippen LogP contribution in [-0.2, 0) is 14.8 Å². The largest absolute Gasteiger partial charge is 0.378 e. The maximum absolute atomic E-state index is 12.8. The Morgan fingerprint density at radius 2 is 1.85 bits per heavy atom. The van der Waals surface area contributed by atoms with E-state index in [0.717, 1.165) is 0 Å². The zero-order valence-electron chi connectivity index (χ0n) is 11.0. The minimum Gasteiger partial charge on any atom is -0.378 e. The van der Waals surface area contributed by atoms with Crippen molar-refractivity contribution < 1.29 is 13.2 Å². The molecule has 0 N–H and O–H groups in total. The summed E-state index contributed by atoms with van der Waals surface area (Å²) in [5, 5.41) is 0.207. The van der Waals surface area contributed by atoms with E-state index in [4.69, 9.17) is 27.9 Å². The summed E-state index contributed by atoms with van der Waals surface area (Å²) in [6.45, 7) is 4.58. The van der Waals surface area contributed by atoms with Crippen molar-refractivity contribution in [1.29, 1.82) is 0 Å². The smallest absolute Gasteiger partial charge is 0.246 e. The highest BCUT2D eigenvalue weighted by atomic mass is 79.9. The Morgan fingerprint density at radius 1 is 1.30 bits per heavy atom. The maximum atomic E-state index is 12.8. The molecule has 1 aromatic rings. The molecule has 1 aliphatic rings. The monoisotopic (exact) mass is 401 g/mol. The highest BCUT2D eigenvalue weighted by Crippen LogP contribution is 2.37. The molecule has 0 aromatic heterocycles. The molecule has 1 saturated heterocycles. The predicted octanol–water partition coefficient (Wildman–Crippen LogP) is 3.56. The van der Waals surface area contributed by atoms with Crippen LogP contribution in [0.25, 0.3) is 0 Å². The van der Waals surface area contributed by atoms with E-state index in [2.05, 4.69) is 15.9 Å². The summed E-state index contributed by atoms with van der Waals surface area (Å²) in [7, 11) is -3.78. The SMILES string of the molecule is CC1(C)COCCN1S(=O)(=O)c1c(Cl)cc(Br)cc1Cl. The van der Waals surface area contributed by atoms with Crippen LogP contribution in [0.2, 0.25) is 10.0 Å². The van der Waals surface area contributed by atoms with Gasteiger partial charge in [-0.2, -0.15) is 4.31 Å². The van der Waals surface area contributed by atoms with Crippen LogP contribution in [0.4, 0.5) is 0 Å². The Morgan fingerprint density at radius 3 is 2.35 bits per heavy atom. The van der Waals surface area contributed by atoms with E-state index in [-0.39, 0.29) is 21.5 Å². The van der Waals surface area contributed by atoms with Crippen molar-refractivity contribution in [3.05, 3.63) is 26.7 Å². The van der Waals surface area contributed by atoms with E-state index < -0.39 is 15.6 Å². The maximum Gasteiger partial charge on any atom is 0.246 e. The molecule has 1 fully saturated rings. The van der Waals surface area contributed by atoms with Crippen molar-refractivity contribution >= 4 is 49.2 Å². The lowest BCUT2D eigenvalue weighted by Gasteiger charge is -2.41. The standard InChI is InChI=1S/C12H14BrCl2NO3S/c1-12(2)7-19-4-3-16(12)20(17,18)11-9(14)5-8(13)6-10(11)15/h5-6H,3-4,7H2,1-2H3. The van der Waals surface area contributed by atoms with E-state index in [1.807, 2.05) is 13.8 Å². The van der Waals surface area contributed by atoms with Gasteiger partial charge in [0.15, 0.2) is 0 Å². The summed E-state index contributed by atoms with van der Waals surface area (Å²) >= 11 is 15.4. The zero-order valence-corrected chi connectivity index (χ0v) is 14.9. The van der Waals surface area contributed by atoms with Gasteiger partial charge in [0, 0.05) is 11.0 Å². The predicted molar refractivity (Wildman–Crippen MR) is 83.0 cm³/mol. The summed E-state index contributed by atoms with van der Waals surface area (Å²) in [6.07, 6.45) is 0. The molecule has 0 bridgehead atoms. The Labute approximate surface area is 137 Å². The molecular weight excluding hydrogens is 389 g/mol. The molecular formula is C12H14BrCl2NO3S. The molecule has 0 unspecified atom stereocenters. The Balaban J connectivity index is 2.56. The van der Waals surface area contributed by atoms with Gasteiger partial charge in [0.05, 0.1) is 28.8 Å². The van der Waals surface area contributed by atoms with Gasteiger partial charge >= 0.3 is 0 Å². The van der Waals surface area contributed by atoms with Crippen LogP contribution in [0.15, 0.2) is 21.5 Å². The quantitative estimate of drug-likeness (QED) is 0.759. The molecule has 0 aliphatic carbocycles. The van der Waals surface area contributed by atoms with Gasteiger partial charge in [-0.15, -0.1) is 0 Å². The fraction of sp³-hybridized carbons (Fsp3) is 0.500. The van der Waals surface area contributed by atoms with E-state index in [9.17, 15) is 8.42 Å². The van der Waals surface area contributed by atoms with Crippen LogP contribution < -0.4 is 0 Å². The van der Waals surface area contributed by atoms with E-state index in [1.54, 1.807) is 0 Å². The molecule has 112 valence electrons. The second-order valence-electron chi connectivity index (χ2n) is 5.14. The van der Waals surface area contributed by atoms with E-state index in [0.29, 0.717) is 17.7 Å². The summed E-state index contributed by atoms with van der Waals surface area (Å²) in [5.41, 5.74) is -0.642. The molecule has 0 amide bonds. The van der Waals surface area contributed by atoms with Gasteiger partial charge in [-0.1, -0.05) is 39.1 Å². The fourth-order valence-electron chi connectivity index (χ4n) is 2.18. The third-order valence-electron chi connectivity index (χ3n) is 3.08. The molecule has 8 heteroatoms. The first-order chi connectivity index (χ1) is 9.16. The van der Waals surface area contributed by atoms with Gasteiger partial charge in [0.1, 0.15) is 4.90 Å². The van der Waals surface area contributed by atoms with Crippen LogP contribution in [0, 0.1) is 0 Å². The van der Waals surface area contributed by atoms with Gasteiger partial charge < -0.3 is 4.74 Å². The molecule has 20 heavy (non-hydrogen) atoms. The summed E-state index contributed by atoms with van der Waals surface area (Å²) in [5.74, 6) is 0. The Kier molecular flexibility index (Phi) is 4.74. The van der Waals surface area contributed by atoms with Crippen LogP contribution >= 0.6 is 39.1 Å². The van der Waals surface area contributed by atoms with Crippen LogP contribution in [0.1, 0.15) is 13.8 Å². The van der Waals surface area contributed by atoms with Gasteiger partial charge in [0.25, 0.3) is 0 Å². The number of hydrogen-bond donors (Lipinski definition) is 0. The fourth-order valence-corrected chi connectivity index (χ4v) is 5.82. The van der Waals surface area contributed by atoms with Crippen LogP contribution in [0.3, 0.4) is 0 Å². The van der Waals surface area contributed by atoms with Crippen molar-refractivity contribution in [2.45, 2.75) is 24.3 Å². The molecule has 1 aliphatic heterocycles. The second-order valence-corrected chi connectivity index (χ2v) is 8.67. The minimum atomic E-state index is -3.78. The molecule has 2 rings (SSSR count). The number of hydrogen-bond acceptors (Lipinski definition) is 3. The Hall–Kier alpha value is 0.150. The van der Waals surface area contributed by atoms with Crippen molar-refractivity contribution in [2.75, 3.05) is 19.8 Å². The van der Waals surface area contributed by atoms with E-state index >= 15 is 0 Å². The lowest BCUT2D eigenvalue weighted by Crippen LogP contribution is -2.55. The second kappa shape index (κ2) is 5.74. The first-order valence-electron chi connectivity index (χ1n) is 5.91. The van der Waals surface area contributed by atoms with Gasteiger partial charge in [-0.05, 0) is 26.0 Å². The third-order valence-corrected chi connectivity index (χ3v) is 6.57. The highest BCUT2D eigenvalue weighted by Gasteiger charge is 2.41.